The second-order valence-corrected chi connectivity index (χ2v) is 6.79. The second kappa shape index (κ2) is 9.48. The highest BCUT2D eigenvalue weighted by Crippen LogP contribution is 2.36. The lowest BCUT2D eigenvalue weighted by Crippen LogP contribution is -2.33. The Morgan fingerprint density at radius 3 is 2.54 bits per heavy atom. The maximum absolute atomic E-state index is 12.8. The Morgan fingerprint density at radius 2 is 1.92 bits per heavy atom. The summed E-state index contributed by atoms with van der Waals surface area (Å²) in [5.41, 5.74) is 2.67. The molecule has 0 fully saturated rings. The largest absolute Gasteiger partial charge is 0.493 e. The van der Waals surface area contributed by atoms with Crippen LogP contribution in [0.25, 0.3) is 5.57 Å². The van der Waals surface area contributed by atoms with Crippen LogP contribution in [0.5, 0.6) is 11.5 Å². The Balaban J connectivity index is 2.35. The number of carbonyl (C=O) groups excluding carboxylic acids is 1. The third kappa shape index (κ3) is 4.91. The molecule has 1 aliphatic heterocycles. The molecule has 0 saturated carbocycles. The van der Waals surface area contributed by atoms with E-state index in [0.717, 1.165) is 43.6 Å². The van der Waals surface area contributed by atoms with Gasteiger partial charge in [-0.3, -0.25) is 4.79 Å². The van der Waals surface area contributed by atoms with Crippen molar-refractivity contribution in [2.24, 2.45) is 0 Å². The molecule has 144 valence electrons. The molecule has 0 aromatic heterocycles. The van der Waals surface area contributed by atoms with E-state index < -0.39 is 0 Å². The van der Waals surface area contributed by atoms with E-state index in [1.807, 2.05) is 32.4 Å². The summed E-state index contributed by atoms with van der Waals surface area (Å²) in [5.74, 6) is 1.29. The fourth-order valence-electron chi connectivity index (χ4n) is 2.95. The summed E-state index contributed by atoms with van der Waals surface area (Å²) in [6.45, 7) is 5.32. The van der Waals surface area contributed by atoms with Crippen LogP contribution in [0.1, 0.15) is 30.9 Å². The summed E-state index contributed by atoms with van der Waals surface area (Å²) in [4.78, 5) is 17.1. The SMILES string of the molecule is CCCCNC(=O)C1=CN(CCN(C)C)Cc2cc(OC)c(OC)cc21. The molecule has 26 heavy (non-hydrogen) atoms. The molecule has 0 saturated heterocycles. The predicted molar refractivity (Wildman–Crippen MR) is 104 cm³/mol. The van der Waals surface area contributed by atoms with Crippen LogP contribution in [0.3, 0.4) is 0 Å². The average Bonchev–Trinajstić information content (AvgIpc) is 2.64. The predicted octanol–water partition coefficient (Wildman–Crippen LogP) is 2.34. The monoisotopic (exact) mass is 361 g/mol. The molecule has 0 atom stereocenters. The van der Waals surface area contributed by atoms with Gasteiger partial charge in [0, 0.05) is 32.4 Å². The number of nitrogens with one attached hydrogen (secondary N) is 1. The Kier molecular flexibility index (Phi) is 7.33. The van der Waals surface area contributed by atoms with Gasteiger partial charge in [0.25, 0.3) is 5.91 Å². The molecule has 0 unspecified atom stereocenters. The lowest BCUT2D eigenvalue weighted by Gasteiger charge is -2.30. The molecule has 0 spiro atoms. The molecule has 1 aromatic rings. The minimum Gasteiger partial charge on any atom is -0.493 e. The molecule has 1 amide bonds. The molecule has 0 radical (unpaired) electrons. The maximum atomic E-state index is 12.8. The summed E-state index contributed by atoms with van der Waals surface area (Å²) in [6, 6.07) is 3.88. The van der Waals surface area contributed by atoms with Gasteiger partial charge in [-0.05, 0) is 43.8 Å². The van der Waals surface area contributed by atoms with Crippen LogP contribution in [0.15, 0.2) is 18.3 Å². The van der Waals surface area contributed by atoms with Crippen molar-refractivity contribution < 1.29 is 14.3 Å². The number of hydrogen-bond acceptors (Lipinski definition) is 5. The number of fused-ring (bicyclic) bond motifs is 1. The number of carbonyl (C=O) groups is 1. The van der Waals surface area contributed by atoms with E-state index in [-0.39, 0.29) is 5.91 Å². The molecule has 0 bridgehead atoms. The summed E-state index contributed by atoms with van der Waals surface area (Å²) in [6.07, 6.45) is 4.00. The third-order valence-electron chi connectivity index (χ3n) is 4.48. The van der Waals surface area contributed by atoms with Crippen LogP contribution in [-0.4, -0.2) is 63.7 Å². The molecule has 1 aliphatic rings. The first kappa shape index (κ1) is 20.1. The number of likely N-dealkylation sites (N-methyl/N-ethyl adjacent to an activating group) is 1. The number of methoxy groups -OCH3 is 2. The molecule has 6 heteroatoms. The molecule has 1 aromatic carbocycles. The average molecular weight is 361 g/mol. The van der Waals surface area contributed by atoms with E-state index in [1.165, 1.54) is 0 Å². The highest BCUT2D eigenvalue weighted by Gasteiger charge is 2.24. The van der Waals surface area contributed by atoms with Gasteiger partial charge in [-0.25, -0.2) is 0 Å². The van der Waals surface area contributed by atoms with Gasteiger partial charge in [-0.1, -0.05) is 13.3 Å². The van der Waals surface area contributed by atoms with Crippen LogP contribution < -0.4 is 14.8 Å². The summed E-state index contributed by atoms with van der Waals surface area (Å²) < 4.78 is 10.9. The van der Waals surface area contributed by atoms with Gasteiger partial charge < -0.3 is 24.6 Å². The minimum atomic E-state index is -0.0403. The zero-order chi connectivity index (χ0) is 19.1. The smallest absolute Gasteiger partial charge is 0.253 e. The van der Waals surface area contributed by atoms with E-state index in [2.05, 4.69) is 22.0 Å². The Labute approximate surface area is 156 Å². The zero-order valence-corrected chi connectivity index (χ0v) is 16.6. The van der Waals surface area contributed by atoms with Gasteiger partial charge in [0.05, 0.1) is 19.8 Å². The number of unbranched alkanes of at least 4 members (excludes halogenated alkanes) is 1. The van der Waals surface area contributed by atoms with Gasteiger partial charge >= 0.3 is 0 Å². The highest BCUT2D eigenvalue weighted by atomic mass is 16.5. The summed E-state index contributed by atoms with van der Waals surface area (Å²) in [7, 11) is 7.34. The van der Waals surface area contributed by atoms with Crippen LogP contribution >= 0.6 is 0 Å². The lowest BCUT2D eigenvalue weighted by atomic mass is 9.95. The van der Waals surface area contributed by atoms with Crippen molar-refractivity contribution >= 4 is 11.5 Å². The number of hydrogen-bond donors (Lipinski definition) is 1. The molecular formula is C20H31N3O3. The van der Waals surface area contributed by atoms with Gasteiger partial charge in [0.15, 0.2) is 11.5 Å². The van der Waals surface area contributed by atoms with E-state index in [9.17, 15) is 4.79 Å². The molecule has 0 aliphatic carbocycles. The normalized spacial score (nSPS) is 13.3. The van der Waals surface area contributed by atoms with Crippen molar-refractivity contribution in [2.75, 3.05) is 47.9 Å². The Hall–Kier alpha value is -2.21. The number of benzene rings is 1. The molecular weight excluding hydrogens is 330 g/mol. The summed E-state index contributed by atoms with van der Waals surface area (Å²) in [5, 5.41) is 3.03. The zero-order valence-electron chi connectivity index (χ0n) is 16.6. The minimum absolute atomic E-state index is 0.0403. The van der Waals surface area contributed by atoms with Crippen LogP contribution in [0, 0.1) is 0 Å². The van der Waals surface area contributed by atoms with E-state index in [1.54, 1.807) is 14.2 Å². The second-order valence-electron chi connectivity index (χ2n) is 6.79. The lowest BCUT2D eigenvalue weighted by molar-refractivity contribution is -0.115. The molecule has 1 N–H and O–H groups in total. The van der Waals surface area contributed by atoms with Gasteiger partial charge in [-0.2, -0.15) is 0 Å². The van der Waals surface area contributed by atoms with E-state index >= 15 is 0 Å². The molecule has 2 rings (SSSR count). The van der Waals surface area contributed by atoms with E-state index in [4.69, 9.17) is 9.47 Å². The molecule has 1 heterocycles. The van der Waals surface area contributed by atoms with Crippen molar-refractivity contribution in [2.45, 2.75) is 26.3 Å². The third-order valence-corrected chi connectivity index (χ3v) is 4.48. The van der Waals surface area contributed by atoms with Crippen molar-refractivity contribution in [3.05, 3.63) is 29.5 Å². The summed E-state index contributed by atoms with van der Waals surface area (Å²) >= 11 is 0. The van der Waals surface area contributed by atoms with Crippen LogP contribution in [0.4, 0.5) is 0 Å². The van der Waals surface area contributed by atoms with Crippen molar-refractivity contribution in [3.63, 3.8) is 0 Å². The van der Waals surface area contributed by atoms with Crippen molar-refractivity contribution in [1.29, 1.82) is 0 Å². The Morgan fingerprint density at radius 1 is 1.23 bits per heavy atom. The number of ether oxygens (including phenoxy) is 2. The van der Waals surface area contributed by atoms with Crippen molar-refractivity contribution in [1.82, 2.24) is 15.1 Å². The van der Waals surface area contributed by atoms with Gasteiger partial charge in [0.2, 0.25) is 0 Å². The van der Waals surface area contributed by atoms with Crippen molar-refractivity contribution in [3.8, 4) is 11.5 Å². The first-order valence-electron chi connectivity index (χ1n) is 9.14. The van der Waals surface area contributed by atoms with Gasteiger partial charge in [-0.15, -0.1) is 0 Å². The van der Waals surface area contributed by atoms with E-state index in [0.29, 0.717) is 23.6 Å². The maximum Gasteiger partial charge on any atom is 0.253 e. The topological polar surface area (TPSA) is 54.0 Å². The Bertz CT molecular complexity index is 656. The first-order valence-corrected chi connectivity index (χ1v) is 9.14. The van der Waals surface area contributed by atoms with Crippen LogP contribution in [0.2, 0.25) is 0 Å². The van der Waals surface area contributed by atoms with Crippen LogP contribution in [-0.2, 0) is 11.3 Å². The highest BCUT2D eigenvalue weighted by molar-refractivity contribution is 6.20. The first-order chi connectivity index (χ1) is 12.5. The number of rotatable bonds is 9. The number of amides is 1. The fraction of sp³-hybridized carbons (Fsp3) is 0.550. The standard InChI is InChI=1S/C20H31N3O3/c1-6-7-8-21-20(24)17-14-23(10-9-22(2)3)13-15-11-18(25-4)19(26-5)12-16(15)17/h11-12,14H,6-10,13H2,1-5H3,(H,21,24). The van der Waals surface area contributed by atoms with Gasteiger partial charge in [0.1, 0.15) is 0 Å². The number of nitrogens with zero attached hydrogens (tertiary/aromatic N) is 2. The molecule has 6 nitrogen and oxygen atoms in total. The fourth-order valence-corrected chi connectivity index (χ4v) is 2.95. The quantitative estimate of drug-likeness (QED) is 0.684.